The first kappa shape index (κ1) is 31.2. The zero-order valence-electron chi connectivity index (χ0n) is 25.4. The van der Waals surface area contributed by atoms with Crippen molar-refractivity contribution in [3.05, 3.63) is 52.6 Å². The number of aliphatic hydroxyl groups excluding tert-OH is 3. The van der Waals surface area contributed by atoms with Gasteiger partial charge in [-0.2, -0.15) is 0 Å². The van der Waals surface area contributed by atoms with Gasteiger partial charge in [0, 0.05) is 35.6 Å². The molecule has 1 saturated heterocycles. The molecule has 0 radical (unpaired) electrons. The summed E-state index contributed by atoms with van der Waals surface area (Å²) in [4.78, 5) is 43.8. The molecule has 4 aliphatic rings. The van der Waals surface area contributed by atoms with Gasteiger partial charge in [0.1, 0.15) is 23.2 Å². The van der Waals surface area contributed by atoms with Gasteiger partial charge in [0.05, 0.1) is 24.9 Å². The van der Waals surface area contributed by atoms with Gasteiger partial charge in [0.2, 0.25) is 11.7 Å². The van der Waals surface area contributed by atoms with Crippen LogP contribution in [0.15, 0.2) is 35.9 Å². The van der Waals surface area contributed by atoms with Crippen molar-refractivity contribution in [3.63, 3.8) is 0 Å². The number of phenols is 1. The van der Waals surface area contributed by atoms with Crippen LogP contribution in [0.2, 0.25) is 0 Å². The van der Waals surface area contributed by atoms with Crippen LogP contribution in [0.3, 0.4) is 0 Å². The highest BCUT2D eigenvalue weighted by molar-refractivity contribution is 6.25. The summed E-state index contributed by atoms with van der Waals surface area (Å²) in [7, 11) is 4.59. The van der Waals surface area contributed by atoms with Crippen molar-refractivity contribution in [2.45, 2.75) is 49.7 Å². The number of benzene rings is 2. The second kappa shape index (κ2) is 11.2. The molecule has 0 spiro atoms. The number of nitrogens with two attached hydrogens (primary N) is 1. The predicted molar refractivity (Wildman–Crippen MR) is 162 cm³/mol. The standard InChI is InChI=1S/C33H39N3O9/c1-35(2)26-25-27(38)19-13-18-16(17-12-15(6-9-21(17)45-3)14-36-10-4-5-11-36)7-8-20(37)22(18)28(39)23(19)30(41)33(25,44)31(42)24(29(26)40)32(34)43/h6-9,12,19,24-27,29,37-40,44H,4-5,10-11,13-14H2,1-3H3,(H2,34,43)/t19-,24?,25-,26+,27+,29?,33+/m0/s1. The average molecular weight is 622 g/mol. The van der Waals surface area contributed by atoms with E-state index in [0.29, 0.717) is 22.4 Å². The van der Waals surface area contributed by atoms with Gasteiger partial charge in [-0.3, -0.25) is 19.3 Å². The molecular formula is C33H39N3O9. The number of rotatable bonds is 6. The average Bonchev–Trinajstić information content (AvgIpc) is 3.50. The Balaban J connectivity index is 1.52. The Morgan fingerprint density at radius 3 is 2.38 bits per heavy atom. The van der Waals surface area contributed by atoms with E-state index >= 15 is 0 Å². The summed E-state index contributed by atoms with van der Waals surface area (Å²) in [5.74, 6) is -8.85. The van der Waals surface area contributed by atoms with E-state index in [9.17, 15) is 39.9 Å². The fourth-order valence-electron chi connectivity index (χ4n) is 8.13. The van der Waals surface area contributed by atoms with E-state index in [2.05, 4.69) is 4.90 Å². The maximum Gasteiger partial charge on any atom is 0.230 e. The third-order valence-electron chi connectivity index (χ3n) is 10.2. The summed E-state index contributed by atoms with van der Waals surface area (Å²) < 4.78 is 5.70. The molecule has 1 aliphatic heterocycles. The highest BCUT2D eigenvalue weighted by Crippen LogP contribution is 2.53. The van der Waals surface area contributed by atoms with Crippen molar-refractivity contribution in [2.24, 2.45) is 23.5 Å². The first-order valence-corrected chi connectivity index (χ1v) is 15.1. The first-order valence-electron chi connectivity index (χ1n) is 15.1. The summed E-state index contributed by atoms with van der Waals surface area (Å²) in [6.45, 7) is 2.74. The van der Waals surface area contributed by atoms with Crippen molar-refractivity contribution in [2.75, 3.05) is 34.3 Å². The van der Waals surface area contributed by atoms with Crippen molar-refractivity contribution < 1.29 is 44.7 Å². The van der Waals surface area contributed by atoms with E-state index in [0.717, 1.165) is 38.0 Å². The highest BCUT2D eigenvalue weighted by Gasteiger charge is 2.70. The number of fused-ring (bicyclic) bond motifs is 3. The molecule has 2 aromatic carbocycles. The zero-order chi connectivity index (χ0) is 32.5. The third kappa shape index (κ3) is 4.58. The van der Waals surface area contributed by atoms with Crippen LogP contribution >= 0.6 is 0 Å². The van der Waals surface area contributed by atoms with Crippen molar-refractivity contribution >= 4 is 23.2 Å². The topological polar surface area (TPSA) is 194 Å². The lowest BCUT2D eigenvalue weighted by molar-refractivity contribution is -0.198. The molecule has 7 N–H and O–H groups in total. The van der Waals surface area contributed by atoms with Crippen LogP contribution in [0.4, 0.5) is 0 Å². The van der Waals surface area contributed by atoms with Crippen molar-refractivity contribution in [1.29, 1.82) is 0 Å². The Morgan fingerprint density at radius 2 is 1.76 bits per heavy atom. The van der Waals surface area contributed by atoms with Crippen LogP contribution in [0.5, 0.6) is 11.5 Å². The molecule has 12 heteroatoms. The van der Waals surface area contributed by atoms with E-state index in [4.69, 9.17) is 10.5 Å². The molecule has 0 aromatic heterocycles. The number of nitrogens with zero attached hydrogens (tertiary/aromatic N) is 2. The number of amides is 1. The van der Waals surface area contributed by atoms with Crippen LogP contribution in [-0.4, -0.2) is 111 Å². The van der Waals surface area contributed by atoms with Crippen molar-refractivity contribution in [3.8, 4) is 22.6 Å². The van der Waals surface area contributed by atoms with Gasteiger partial charge < -0.3 is 40.9 Å². The Kier molecular flexibility index (Phi) is 7.77. The normalized spacial score (nSPS) is 31.5. The SMILES string of the molecule is COc1ccc(CN2CCCC2)cc1-c1ccc(O)c2c1C[C@H]1C(=C2O)C(=O)[C@@]2(O)C(=O)C(C(N)=O)C(O)[C@H](N(C)C)[C@H]2[C@@H]1O. The number of ketones is 2. The minimum absolute atomic E-state index is 0.0544. The molecular weight excluding hydrogens is 582 g/mol. The Morgan fingerprint density at radius 1 is 1.07 bits per heavy atom. The lowest BCUT2D eigenvalue weighted by atomic mass is 9.53. The summed E-state index contributed by atoms with van der Waals surface area (Å²) in [6, 6.07) is 7.68. The number of aliphatic hydroxyl groups is 4. The molecule has 240 valence electrons. The molecule has 2 saturated carbocycles. The zero-order valence-corrected chi connectivity index (χ0v) is 25.4. The fraction of sp³-hybridized carbons (Fsp3) is 0.485. The van der Waals surface area contributed by atoms with Gasteiger partial charge in [0.25, 0.3) is 0 Å². The van der Waals surface area contributed by atoms with Gasteiger partial charge in [-0.15, -0.1) is 0 Å². The highest BCUT2D eigenvalue weighted by atomic mass is 16.5. The number of primary amides is 1. The van der Waals surface area contributed by atoms with Crippen LogP contribution in [0, 0.1) is 17.8 Å². The minimum atomic E-state index is -2.97. The number of aromatic hydroxyl groups is 1. The molecule has 3 aliphatic carbocycles. The van der Waals surface area contributed by atoms with Gasteiger partial charge in [-0.05, 0) is 81.3 Å². The number of hydrogen-bond donors (Lipinski definition) is 6. The second-order valence-corrected chi connectivity index (χ2v) is 12.9. The molecule has 45 heavy (non-hydrogen) atoms. The van der Waals surface area contributed by atoms with Crippen molar-refractivity contribution in [1.82, 2.24) is 9.80 Å². The van der Waals surface area contributed by atoms with Gasteiger partial charge in [-0.25, -0.2) is 0 Å². The van der Waals surface area contributed by atoms with Crippen LogP contribution in [-0.2, 0) is 27.3 Å². The number of carbonyl (C=O) groups is 3. The van der Waals surface area contributed by atoms with E-state index in [1.165, 1.54) is 32.2 Å². The number of likely N-dealkylation sites (N-methyl/N-ethyl adjacent to an activating group) is 1. The molecule has 7 atom stereocenters. The van der Waals surface area contributed by atoms with Gasteiger partial charge in [-0.1, -0.05) is 12.1 Å². The largest absolute Gasteiger partial charge is 0.507 e. The number of methoxy groups -OCH3 is 1. The summed E-state index contributed by atoms with van der Waals surface area (Å²) in [5.41, 5.74) is 4.74. The molecule has 1 amide bonds. The molecule has 2 aromatic rings. The van der Waals surface area contributed by atoms with E-state index < -0.39 is 70.4 Å². The number of carbonyl (C=O) groups excluding carboxylic acids is 3. The predicted octanol–water partition coefficient (Wildman–Crippen LogP) is 0.371. The molecule has 1 heterocycles. The number of phenolic OH excluding ortho intramolecular Hbond substituents is 1. The summed E-state index contributed by atoms with van der Waals surface area (Å²) in [5, 5.41) is 57.5. The molecule has 12 nitrogen and oxygen atoms in total. The summed E-state index contributed by atoms with van der Waals surface area (Å²) in [6.07, 6.45) is -1.12. The smallest absolute Gasteiger partial charge is 0.230 e. The fourth-order valence-corrected chi connectivity index (χ4v) is 8.13. The molecule has 0 bridgehead atoms. The Hall–Kier alpha value is -3.81. The second-order valence-electron chi connectivity index (χ2n) is 12.9. The minimum Gasteiger partial charge on any atom is -0.507 e. The van der Waals surface area contributed by atoms with Crippen LogP contribution in [0.1, 0.15) is 29.5 Å². The lowest BCUT2D eigenvalue weighted by Gasteiger charge is -2.55. The molecule has 6 rings (SSSR count). The van der Waals surface area contributed by atoms with E-state index in [-0.39, 0.29) is 17.7 Å². The maximum absolute atomic E-state index is 14.2. The van der Waals surface area contributed by atoms with Gasteiger partial charge in [0.15, 0.2) is 11.4 Å². The molecule has 3 fully saturated rings. The first-order chi connectivity index (χ1) is 21.3. The third-order valence-corrected chi connectivity index (χ3v) is 10.2. The summed E-state index contributed by atoms with van der Waals surface area (Å²) >= 11 is 0. The molecule has 2 unspecified atom stereocenters. The van der Waals surface area contributed by atoms with E-state index in [1.807, 2.05) is 18.2 Å². The number of likely N-dealkylation sites (tertiary alicyclic amines) is 1. The van der Waals surface area contributed by atoms with Crippen LogP contribution < -0.4 is 10.5 Å². The van der Waals surface area contributed by atoms with Gasteiger partial charge >= 0.3 is 0 Å². The quantitative estimate of drug-likeness (QED) is 0.244. The van der Waals surface area contributed by atoms with Crippen LogP contribution in [0.25, 0.3) is 16.9 Å². The lowest BCUT2D eigenvalue weighted by Crippen LogP contribution is -2.76. The number of ether oxygens (including phenoxy) is 1. The monoisotopic (exact) mass is 621 g/mol. The number of hydrogen-bond acceptors (Lipinski definition) is 11. The Bertz CT molecular complexity index is 1610. The number of Topliss-reactive ketones (excluding diaryl/α,β-unsaturated/α-hetero) is 2. The van der Waals surface area contributed by atoms with E-state index in [1.54, 1.807) is 6.07 Å². The maximum atomic E-state index is 14.2. The Labute approximate surface area is 260 Å².